The number of anilines is 6. The molecular formula is C44H46N2. The van der Waals surface area contributed by atoms with Crippen LogP contribution >= 0.6 is 0 Å². The molecule has 6 aromatic rings. The van der Waals surface area contributed by atoms with Gasteiger partial charge in [0.05, 0.1) is 0 Å². The number of nitrogens with zero attached hydrogens (tertiary/aromatic N) is 2. The largest absolute Gasteiger partial charge is 0.310 e. The first-order chi connectivity index (χ1) is 21.9. The van der Waals surface area contributed by atoms with Crippen LogP contribution in [0.25, 0.3) is 10.8 Å². The molecule has 0 spiro atoms. The molecule has 0 aliphatic carbocycles. The fourth-order valence-electron chi connectivity index (χ4n) is 6.00. The van der Waals surface area contributed by atoms with E-state index in [9.17, 15) is 0 Å². The first-order valence-corrected chi connectivity index (χ1v) is 16.4. The molecule has 0 saturated heterocycles. The molecule has 0 atom stereocenters. The molecule has 0 saturated carbocycles. The van der Waals surface area contributed by atoms with Gasteiger partial charge in [0.15, 0.2) is 0 Å². The third kappa shape index (κ3) is 6.58. The number of hydrogen-bond acceptors (Lipinski definition) is 2. The maximum atomic E-state index is 2.36. The Labute approximate surface area is 276 Å². The van der Waals surface area contributed by atoms with Gasteiger partial charge in [0.2, 0.25) is 0 Å². The van der Waals surface area contributed by atoms with Crippen molar-refractivity contribution >= 4 is 44.9 Å². The van der Waals surface area contributed by atoms with E-state index in [-0.39, 0.29) is 10.8 Å². The molecule has 0 heterocycles. The summed E-state index contributed by atoms with van der Waals surface area (Å²) >= 11 is 0. The van der Waals surface area contributed by atoms with Gasteiger partial charge in [-0.05, 0) is 119 Å². The zero-order valence-electron chi connectivity index (χ0n) is 28.6. The zero-order valence-corrected chi connectivity index (χ0v) is 28.6. The van der Waals surface area contributed by atoms with Crippen LogP contribution in [-0.2, 0) is 10.8 Å². The third-order valence-electron chi connectivity index (χ3n) is 8.89. The van der Waals surface area contributed by atoms with E-state index in [0.29, 0.717) is 0 Å². The Morgan fingerprint density at radius 1 is 0.326 bits per heavy atom. The van der Waals surface area contributed by atoms with Gasteiger partial charge < -0.3 is 9.80 Å². The minimum Gasteiger partial charge on any atom is -0.310 e. The van der Waals surface area contributed by atoms with Gasteiger partial charge in [0.25, 0.3) is 0 Å². The lowest BCUT2D eigenvalue weighted by atomic mass is 9.87. The summed E-state index contributed by atoms with van der Waals surface area (Å²) in [4.78, 5) is 4.71. The number of fused-ring (bicyclic) bond motifs is 1. The monoisotopic (exact) mass is 602 g/mol. The molecule has 0 N–H and O–H groups in total. The van der Waals surface area contributed by atoms with Crippen LogP contribution in [0.4, 0.5) is 34.1 Å². The van der Waals surface area contributed by atoms with Gasteiger partial charge in [-0.3, -0.25) is 0 Å². The van der Waals surface area contributed by atoms with E-state index in [2.05, 4.69) is 199 Å². The normalized spacial score (nSPS) is 11.9. The van der Waals surface area contributed by atoms with Gasteiger partial charge in [0, 0.05) is 34.1 Å². The summed E-state index contributed by atoms with van der Waals surface area (Å²) in [5.74, 6) is 0. The van der Waals surface area contributed by atoms with Crippen molar-refractivity contribution in [1.29, 1.82) is 0 Å². The van der Waals surface area contributed by atoms with Gasteiger partial charge >= 0.3 is 0 Å². The second kappa shape index (κ2) is 12.2. The molecule has 0 aliphatic heterocycles. The van der Waals surface area contributed by atoms with Crippen LogP contribution in [0.15, 0.2) is 133 Å². The average Bonchev–Trinajstić information content (AvgIpc) is 3.03. The van der Waals surface area contributed by atoms with Gasteiger partial charge in [-0.2, -0.15) is 0 Å². The minimum absolute atomic E-state index is 0.106. The maximum Gasteiger partial charge on any atom is 0.0468 e. The van der Waals surface area contributed by atoms with Crippen molar-refractivity contribution in [3.05, 3.63) is 156 Å². The summed E-state index contributed by atoms with van der Waals surface area (Å²) < 4.78 is 0. The van der Waals surface area contributed by atoms with Crippen LogP contribution < -0.4 is 9.80 Å². The highest BCUT2D eigenvalue weighted by atomic mass is 15.1. The Morgan fingerprint density at radius 3 is 0.870 bits per heavy atom. The summed E-state index contributed by atoms with van der Waals surface area (Å²) in [6, 6.07) is 49.3. The van der Waals surface area contributed by atoms with Crippen LogP contribution in [0.5, 0.6) is 0 Å². The average molecular weight is 603 g/mol. The van der Waals surface area contributed by atoms with Crippen LogP contribution in [0, 0.1) is 13.8 Å². The fourth-order valence-corrected chi connectivity index (χ4v) is 6.00. The van der Waals surface area contributed by atoms with E-state index in [1.54, 1.807) is 0 Å². The van der Waals surface area contributed by atoms with Crippen molar-refractivity contribution in [2.75, 3.05) is 9.80 Å². The minimum atomic E-state index is 0.106. The van der Waals surface area contributed by atoms with E-state index in [1.165, 1.54) is 33.0 Å². The van der Waals surface area contributed by atoms with E-state index < -0.39 is 0 Å². The lowest BCUT2D eigenvalue weighted by Crippen LogP contribution is -2.13. The number of benzene rings is 6. The molecule has 0 amide bonds. The second-order valence-corrected chi connectivity index (χ2v) is 14.7. The molecule has 2 heteroatoms. The standard InChI is InChI=1S/C44H46N2/c1-31-9-19-37(20-10-31)45(39-25-15-35(16-26-39)43(3,4)5)41-23-13-34-30-42(24-14-33(34)29-41)46(38-21-11-32(2)12-22-38)40-27-17-36(18-28-40)44(6,7)8/h9-30H,1-8H3. The van der Waals surface area contributed by atoms with E-state index in [1.807, 2.05) is 0 Å². The van der Waals surface area contributed by atoms with Gasteiger partial charge in [-0.1, -0.05) is 113 Å². The summed E-state index contributed by atoms with van der Waals surface area (Å²) in [5.41, 5.74) is 12.3. The summed E-state index contributed by atoms with van der Waals surface area (Å²) in [7, 11) is 0. The highest BCUT2D eigenvalue weighted by Crippen LogP contribution is 2.40. The predicted molar refractivity (Wildman–Crippen MR) is 200 cm³/mol. The maximum absolute atomic E-state index is 2.36. The third-order valence-corrected chi connectivity index (χ3v) is 8.89. The summed E-state index contributed by atoms with van der Waals surface area (Å²) in [5, 5.41) is 2.41. The molecular weight excluding hydrogens is 556 g/mol. The van der Waals surface area contributed by atoms with Crippen molar-refractivity contribution in [2.45, 2.75) is 66.2 Å². The fraction of sp³-hybridized carbons (Fsp3) is 0.227. The van der Waals surface area contributed by atoms with Crippen LogP contribution in [0.3, 0.4) is 0 Å². The Balaban J connectivity index is 1.42. The molecule has 0 fully saturated rings. The molecule has 46 heavy (non-hydrogen) atoms. The van der Waals surface area contributed by atoms with Crippen molar-refractivity contribution < 1.29 is 0 Å². The lowest BCUT2D eigenvalue weighted by molar-refractivity contribution is 0.590. The van der Waals surface area contributed by atoms with Crippen molar-refractivity contribution in [3.8, 4) is 0 Å². The molecule has 232 valence electrons. The molecule has 0 radical (unpaired) electrons. The van der Waals surface area contributed by atoms with Gasteiger partial charge in [-0.15, -0.1) is 0 Å². The Morgan fingerprint density at radius 2 is 0.587 bits per heavy atom. The van der Waals surface area contributed by atoms with Crippen LogP contribution in [0.2, 0.25) is 0 Å². The summed E-state index contributed by atoms with van der Waals surface area (Å²) in [6.45, 7) is 17.8. The molecule has 0 aliphatic rings. The zero-order chi connectivity index (χ0) is 32.6. The van der Waals surface area contributed by atoms with Crippen molar-refractivity contribution in [2.24, 2.45) is 0 Å². The molecule has 0 bridgehead atoms. The number of rotatable bonds is 6. The lowest BCUT2D eigenvalue weighted by Gasteiger charge is -2.28. The molecule has 6 rings (SSSR count). The van der Waals surface area contributed by atoms with Crippen LogP contribution in [-0.4, -0.2) is 0 Å². The first-order valence-electron chi connectivity index (χ1n) is 16.4. The Kier molecular flexibility index (Phi) is 8.25. The highest BCUT2D eigenvalue weighted by molar-refractivity contribution is 5.93. The molecule has 0 unspecified atom stereocenters. The van der Waals surface area contributed by atoms with Gasteiger partial charge in [0.1, 0.15) is 0 Å². The predicted octanol–water partition coefficient (Wildman–Crippen LogP) is 13.0. The van der Waals surface area contributed by atoms with E-state index in [0.717, 1.165) is 34.1 Å². The molecule has 2 nitrogen and oxygen atoms in total. The quantitative estimate of drug-likeness (QED) is 0.187. The second-order valence-electron chi connectivity index (χ2n) is 14.7. The Bertz CT molecular complexity index is 1790. The Hall–Kier alpha value is -4.82. The van der Waals surface area contributed by atoms with Crippen molar-refractivity contribution in [1.82, 2.24) is 0 Å². The molecule has 0 aromatic heterocycles. The topological polar surface area (TPSA) is 6.48 Å². The first kappa shape index (κ1) is 31.2. The smallest absolute Gasteiger partial charge is 0.0468 e. The van der Waals surface area contributed by atoms with E-state index in [4.69, 9.17) is 0 Å². The summed E-state index contributed by atoms with van der Waals surface area (Å²) in [6.07, 6.45) is 0. The number of aryl methyl sites for hydroxylation is 2. The van der Waals surface area contributed by atoms with E-state index >= 15 is 0 Å². The highest BCUT2D eigenvalue weighted by Gasteiger charge is 2.19. The SMILES string of the molecule is Cc1ccc(N(c2ccc(C(C)(C)C)cc2)c2ccc3cc(N(c4ccc(C)cc4)c4ccc(C(C)(C)C)cc4)ccc3c2)cc1. The number of hydrogen-bond donors (Lipinski definition) is 0. The molecule has 6 aromatic carbocycles. The van der Waals surface area contributed by atoms with Gasteiger partial charge in [-0.25, -0.2) is 0 Å². The van der Waals surface area contributed by atoms with Crippen molar-refractivity contribution in [3.63, 3.8) is 0 Å². The van der Waals surface area contributed by atoms with Crippen LogP contribution in [0.1, 0.15) is 63.8 Å².